The lowest BCUT2D eigenvalue weighted by Gasteiger charge is -2.01. The van der Waals surface area contributed by atoms with Gasteiger partial charge in [0.15, 0.2) is 0 Å². The summed E-state index contributed by atoms with van der Waals surface area (Å²) >= 11 is 0. The molecule has 0 radical (unpaired) electrons. The van der Waals surface area contributed by atoms with Crippen molar-refractivity contribution < 1.29 is 4.39 Å². The van der Waals surface area contributed by atoms with Crippen LogP contribution < -0.4 is 5.73 Å². The molecule has 0 saturated heterocycles. The van der Waals surface area contributed by atoms with E-state index in [9.17, 15) is 4.39 Å². The number of halogens is 1. The van der Waals surface area contributed by atoms with E-state index < -0.39 is 5.95 Å². The van der Waals surface area contributed by atoms with Crippen LogP contribution in [-0.4, -0.2) is 11.5 Å². The summed E-state index contributed by atoms with van der Waals surface area (Å²) in [5, 5.41) is 0. The average molecular weight is 154 g/mol. The van der Waals surface area contributed by atoms with Crippen LogP contribution in [-0.2, 0) is 6.42 Å². The lowest BCUT2D eigenvalue weighted by molar-refractivity contribution is 0.580. The summed E-state index contributed by atoms with van der Waals surface area (Å²) in [6.45, 7) is 2.43. The van der Waals surface area contributed by atoms with Gasteiger partial charge in [-0.25, -0.2) is 4.98 Å². The molecule has 1 heterocycles. The van der Waals surface area contributed by atoms with Gasteiger partial charge in [0.05, 0.1) is 0 Å². The molecule has 0 fully saturated rings. The smallest absolute Gasteiger partial charge is 0.213 e. The molecule has 2 nitrogen and oxygen atoms in total. The van der Waals surface area contributed by atoms with Gasteiger partial charge in [-0.05, 0) is 37.1 Å². The monoisotopic (exact) mass is 154 g/mol. The van der Waals surface area contributed by atoms with Gasteiger partial charge in [-0.2, -0.15) is 4.39 Å². The SMILES string of the molecule is Cc1cc(F)ncc1CCN. The first-order valence-corrected chi connectivity index (χ1v) is 3.55. The summed E-state index contributed by atoms with van der Waals surface area (Å²) in [4.78, 5) is 3.54. The topological polar surface area (TPSA) is 38.9 Å². The molecule has 0 spiro atoms. The number of aryl methyl sites for hydroxylation is 1. The van der Waals surface area contributed by atoms with Crippen molar-refractivity contribution in [2.45, 2.75) is 13.3 Å². The van der Waals surface area contributed by atoms with E-state index in [1.54, 1.807) is 0 Å². The number of nitrogens with zero attached hydrogens (tertiary/aromatic N) is 1. The number of aromatic nitrogens is 1. The second kappa shape index (κ2) is 3.44. The van der Waals surface area contributed by atoms with Crippen molar-refractivity contribution in [3.63, 3.8) is 0 Å². The highest BCUT2D eigenvalue weighted by molar-refractivity contribution is 5.22. The maximum Gasteiger partial charge on any atom is 0.213 e. The fourth-order valence-electron chi connectivity index (χ4n) is 0.967. The highest BCUT2D eigenvalue weighted by atomic mass is 19.1. The predicted molar refractivity (Wildman–Crippen MR) is 41.7 cm³/mol. The molecule has 0 aliphatic heterocycles. The molecule has 11 heavy (non-hydrogen) atoms. The molecule has 2 N–H and O–H groups in total. The number of pyridine rings is 1. The zero-order valence-electron chi connectivity index (χ0n) is 6.47. The van der Waals surface area contributed by atoms with Gasteiger partial charge in [0, 0.05) is 6.20 Å². The maximum absolute atomic E-state index is 12.4. The molecule has 0 atom stereocenters. The molecular weight excluding hydrogens is 143 g/mol. The summed E-state index contributed by atoms with van der Waals surface area (Å²) in [7, 11) is 0. The normalized spacial score (nSPS) is 10.1. The molecule has 60 valence electrons. The van der Waals surface area contributed by atoms with Crippen LogP contribution in [0.4, 0.5) is 4.39 Å². The Morgan fingerprint density at radius 2 is 2.36 bits per heavy atom. The minimum absolute atomic E-state index is 0.428. The van der Waals surface area contributed by atoms with Crippen LogP contribution in [0, 0.1) is 12.9 Å². The van der Waals surface area contributed by atoms with Crippen molar-refractivity contribution in [3.8, 4) is 0 Å². The Hall–Kier alpha value is -0.960. The molecule has 0 saturated carbocycles. The maximum atomic E-state index is 12.4. The van der Waals surface area contributed by atoms with Gasteiger partial charge >= 0.3 is 0 Å². The van der Waals surface area contributed by atoms with Crippen molar-refractivity contribution in [2.24, 2.45) is 5.73 Å². The number of hydrogen-bond acceptors (Lipinski definition) is 2. The van der Waals surface area contributed by atoms with Crippen molar-refractivity contribution in [2.75, 3.05) is 6.54 Å². The lowest BCUT2D eigenvalue weighted by Crippen LogP contribution is -2.04. The second-order valence-corrected chi connectivity index (χ2v) is 2.47. The molecule has 1 aromatic heterocycles. The van der Waals surface area contributed by atoms with Crippen LogP contribution in [0.2, 0.25) is 0 Å². The van der Waals surface area contributed by atoms with Gasteiger partial charge in [0.25, 0.3) is 0 Å². The minimum atomic E-state index is -0.428. The summed E-state index contributed by atoms with van der Waals surface area (Å²) in [5.41, 5.74) is 7.29. The lowest BCUT2D eigenvalue weighted by atomic mass is 10.1. The highest BCUT2D eigenvalue weighted by Gasteiger charge is 1.98. The number of nitrogens with two attached hydrogens (primary N) is 1. The van der Waals surface area contributed by atoms with Crippen molar-refractivity contribution in [1.29, 1.82) is 0 Å². The van der Waals surface area contributed by atoms with Crippen molar-refractivity contribution in [3.05, 3.63) is 29.3 Å². The molecule has 1 rings (SSSR count). The van der Waals surface area contributed by atoms with E-state index in [0.717, 1.165) is 17.5 Å². The van der Waals surface area contributed by atoms with E-state index in [-0.39, 0.29) is 0 Å². The first kappa shape index (κ1) is 8.14. The van der Waals surface area contributed by atoms with Crippen LogP contribution in [0.25, 0.3) is 0 Å². The predicted octanol–water partition coefficient (Wildman–Crippen LogP) is 1.03. The Morgan fingerprint density at radius 3 is 2.91 bits per heavy atom. The van der Waals surface area contributed by atoms with Crippen LogP contribution in [0.5, 0.6) is 0 Å². The first-order chi connectivity index (χ1) is 5.24. The Labute approximate surface area is 65.3 Å². The fourth-order valence-corrected chi connectivity index (χ4v) is 0.967. The van der Waals surface area contributed by atoms with Gasteiger partial charge in [-0.3, -0.25) is 0 Å². The van der Waals surface area contributed by atoms with Gasteiger partial charge < -0.3 is 5.73 Å². The third-order valence-corrected chi connectivity index (χ3v) is 1.60. The molecule has 0 amide bonds. The summed E-state index contributed by atoms with van der Waals surface area (Å²) in [6.07, 6.45) is 2.30. The van der Waals surface area contributed by atoms with Gasteiger partial charge in [-0.15, -0.1) is 0 Å². The Kier molecular flexibility index (Phi) is 2.54. The van der Waals surface area contributed by atoms with E-state index in [1.165, 1.54) is 12.3 Å². The minimum Gasteiger partial charge on any atom is -0.330 e. The Balaban J connectivity index is 2.90. The number of rotatable bonds is 2. The third kappa shape index (κ3) is 1.98. The molecule has 0 bridgehead atoms. The van der Waals surface area contributed by atoms with Crippen molar-refractivity contribution in [1.82, 2.24) is 4.98 Å². The Bertz CT molecular complexity index is 248. The Morgan fingerprint density at radius 1 is 1.64 bits per heavy atom. The van der Waals surface area contributed by atoms with E-state index in [4.69, 9.17) is 5.73 Å². The molecule has 3 heteroatoms. The summed E-state index contributed by atoms with van der Waals surface area (Å²) in [6, 6.07) is 1.42. The van der Waals surface area contributed by atoms with Crippen LogP contribution in [0.1, 0.15) is 11.1 Å². The van der Waals surface area contributed by atoms with Crippen LogP contribution in [0.3, 0.4) is 0 Å². The fraction of sp³-hybridized carbons (Fsp3) is 0.375. The zero-order chi connectivity index (χ0) is 8.27. The second-order valence-electron chi connectivity index (χ2n) is 2.47. The third-order valence-electron chi connectivity index (χ3n) is 1.60. The average Bonchev–Trinajstić information content (AvgIpc) is 1.95. The largest absolute Gasteiger partial charge is 0.330 e. The van der Waals surface area contributed by atoms with Crippen molar-refractivity contribution >= 4 is 0 Å². The first-order valence-electron chi connectivity index (χ1n) is 3.55. The van der Waals surface area contributed by atoms with Gasteiger partial charge in [0.1, 0.15) is 0 Å². The quantitative estimate of drug-likeness (QED) is 0.646. The van der Waals surface area contributed by atoms with E-state index in [1.807, 2.05) is 6.92 Å². The molecule has 1 aromatic rings. The van der Waals surface area contributed by atoms with Gasteiger partial charge in [0.2, 0.25) is 5.95 Å². The molecule has 0 unspecified atom stereocenters. The molecular formula is C8H11FN2. The summed E-state index contributed by atoms with van der Waals surface area (Å²) < 4.78 is 12.4. The van der Waals surface area contributed by atoms with E-state index in [0.29, 0.717) is 6.54 Å². The van der Waals surface area contributed by atoms with E-state index in [2.05, 4.69) is 4.98 Å². The summed E-state index contributed by atoms with van der Waals surface area (Å²) in [5.74, 6) is -0.428. The highest BCUT2D eigenvalue weighted by Crippen LogP contribution is 2.06. The van der Waals surface area contributed by atoms with E-state index >= 15 is 0 Å². The molecule has 0 aromatic carbocycles. The zero-order valence-corrected chi connectivity index (χ0v) is 6.47. The molecule has 0 aliphatic carbocycles. The standard InChI is InChI=1S/C8H11FN2/c1-6-4-8(9)11-5-7(6)2-3-10/h4-5H,2-3,10H2,1H3. The van der Waals surface area contributed by atoms with Crippen LogP contribution in [0.15, 0.2) is 12.3 Å². The van der Waals surface area contributed by atoms with Gasteiger partial charge in [-0.1, -0.05) is 0 Å². The van der Waals surface area contributed by atoms with Crippen LogP contribution >= 0.6 is 0 Å². The molecule has 0 aliphatic rings. The number of hydrogen-bond donors (Lipinski definition) is 1.